The molecule has 9 heteroatoms. The maximum absolute atomic E-state index is 8.36. The van der Waals surface area contributed by atoms with E-state index in [1.807, 2.05) is 17.1 Å². The van der Waals surface area contributed by atoms with Crippen molar-refractivity contribution in [3.63, 3.8) is 0 Å². The number of hydrogen-bond donors (Lipinski definition) is 3. The van der Waals surface area contributed by atoms with Crippen molar-refractivity contribution in [1.82, 2.24) is 4.23 Å². The first kappa shape index (κ1) is 12.3. The molecule has 4 N–H and O–H groups in total. The molecule has 0 aliphatic heterocycles. The SMILES string of the molecule is NC(=N[As])N[As].O=[N+]([O-])O. The van der Waals surface area contributed by atoms with Gasteiger partial charge in [0.25, 0.3) is 5.09 Å². The van der Waals surface area contributed by atoms with Gasteiger partial charge < -0.3 is 5.21 Å². The van der Waals surface area contributed by atoms with Crippen molar-refractivity contribution in [2.24, 2.45) is 9.64 Å². The molecule has 0 aromatic rings. The molecule has 7 nitrogen and oxygen atoms in total. The van der Waals surface area contributed by atoms with Crippen molar-refractivity contribution in [1.29, 1.82) is 0 Å². The number of nitrogens with one attached hydrogen (secondary N) is 1. The molecule has 0 bridgehead atoms. The van der Waals surface area contributed by atoms with Crippen LogP contribution in [0.2, 0.25) is 0 Å². The van der Waals surface area contributed by atoms with Crippen LogP contribution in [0.3, 0.4) is 0 Å². The summed E-state index contributed by atoms with van der Waals surface area (Å²) >= 11 is 4.10. The fraction of sp³-hybridized carbons (Fsp3) is 0. The summed E-state index contributed by atoms with van der Waals surface area (Å²) in [6.45, 7) is 0. The van der Waals surface area contributed by atoms with Crippen LogP contribution in [0.5, 0.6) is 0 Å². The Morgan fingerprint density at radius 1 is 1.90 bits per heavy atom. The minimum absolute atomic E-state index is 0.412. The second-order valence-electron chi connectivity index (χ2n) is 0.835. The fourth-order valence-corrected chi connectivity index (χ4v) is 0.604. The molecule has 0 aromatic heterocycles. The predicted octanol–water partition coefficient (Wildman–Crippen LogP) is -2.29. The van der Waals surface area contributed by atoms with Crippen LogP contribution in [0.4, 0.5) is 0 Å². The molecule has 10 heavy (non-hydrogen) atoms. The molecule has 0 aromatic carbocycles. The van der Waals surface area contributed by atoms with E-state index in [9.17, 15) is 0 Å². The van der Waals surface area contributed by atoms with E-state index in [0.717, 1.165) is 0 Å². The second-order valence-corrected chi connectivity index (χ2v) is 1.72. The Labute approximate surface area is 74.6 Å². The Kier molecular flexibility index (Phi) is 10.5. The number of rotatable bonds is 0. The third kappa shape index (κ3) is 25.6. The van der Waals surface area contributed by atoms with Crippen LogP contribution < -0.4 is 9.97 Å². The van der Waals surface area contributed by atoms with Gasteiger partial charge in [-0.2, -0.15) is 0 Å². The maximum atomic E-state index is 8.36. The second kappa shape index (κ2) is 8.59. The van der Waals surface area contributed by atoms with Crippen molar-refractivity contribution >= 4 is 40.1 Å². The molecular weight excluding hydrogens is 266 g/mol. The van der Waals surface area contributed by atoms with Gasteiger partial charge in [0, 0.05) is 0 Å². The van der Waals surface area contributed by atoms with Crippen LogP contribution in [0, 0.1) is 10.1 Å². The summed E-state index contributed by atoms with van der Waals surface area (Å²) < 4.78 is 6.08. The van der Waals surface area contributed by atoms with Gasteiger partial charge >= 0.3 is 54.0 Å². The minimum atomic E-state index is -1.50. The Balaban J connectivity index is 0. The van der Waals surface area contributed by atoms with Crippen molar-refractivity contribution < 1.29 is 10.3 Å². The zero-order valence-corrected chi connectivity index (χ0v) is 8.38. The molecule has 4 radical (unpaired) electrons. The summed E-state index contributed by atoms with van der Waals surface area (Å²) in [7, 11) is 0. The van der Waals surface area contributed by atoms with Crippen molar-refractivity contribution in [2.75, 3.05) is 0 Å². The van der Waals surface area contributed by atoms with E-state index in [1.165, 1.54) is 0 Å². The van der Waals surface area contributed by atoms with Crippen LogP contribution in [0.25, 0.3) is 0 Å². The molecule has 0 saturated carbocycles. The normalized spacial score (nSPS) is 9.20. The van der Waals surface area contributed by atoms with Crippen LogP contribution in [-0.2, 0) is 0 Å². The Bertz CT molecular complexity index is 122. The van der Waals surface area contributed by atoms with Crippen molar-refractivity contribution in [3.8, 4) is 0 Å². The summed E-state index contributed by atoms with van der Waals surface area (Å²) in [5, 5.41) is 13.6. The number of nitrogens with two attached hydrogens (primary N) is 1. The fourth-order valence-electron chi connectivity index (χ4n) is 0.0224. The predicted molar refractivity (Wildman–Crippen MR) is 35.0 cm³/mol. The molecule has 0 saturated heterocycles. The van der Waals surface area contributed by atoms with E-state index in [0.29, 0.717) is 5.96 Å². The van der Waals surface area contributed by atoms with Gasteiger partial charge in [0.15, 0.2) is 0 Å². The van der Waals surface area contributed by atoms with Gasteiger partial charge in [-0.25, -0.2) is 0 Å². The first-order valence-corrected chi connectivity index (χ1v) is 3.53. The van der Waals surface area contributed by atoms with Gasteiger partial charge in [0.1, 0.15) is 0 Å². The Hall–Kier alpha value is -0.413. The largest absolute Gasteiger partial charge is 0.328 e. The molecule has 0 amide bonds. The number of guanidine groups is 1. The van der Waals surface area contributed by atoms with Gasteiger partial charge in [0.2, 0.25) is 0 Å². The van der Waals surface area contributed by atoms with Gasteiger partial charge in [-0.15, -0.1) is 10.1 Å². The standard InChI is InChI=1S/CH3As2N3.HNO3/c2-5-1(4)6-3;2-1(3)4/h(H3,4,5,6);(H,2,3,4). The zero-order chi connectivity index (χ0) is 8.57. The molecule has 0 spiro atoms. The van der Waals surface area contributed by atoms with E-state index in [-0.39, 0.29) is 0 Å². The van der Waals surface area contributed by atoms with Crippen LogP contribution in [0.15, 0.2) is 3.91 Å². The Morgan fingerprint density at radius 2 is 2.20 bits per heavy atom. The summed E-state index contributed by atoms with van der Waals surface area (Å²) in [4.78, 5) is 8.36. The summed E-state index contributed by atoms with van der Waals surface area (Å²) in [5.74, 6) is 0.412. The zero-order valence-electron chi connectivity index (χ0n) is 4.63. The average molecular weight is 270 g/mol. The number of hydrogen-bond acceptors (Lipinski definition) is 3. The summed E-state index contributed by atoms with van der Waals surface area (Å²) in [6.07, 6.45) is 0. The molecule has 56 valence electrons. The molecule has 0 unspecified atom stereocenters. The van der Waals surface area contributed by atoms with Crippen LogP contribution >= 0.6 is 0 Å². The molecule has 0 aliphatic carbocycles. The van der Waals surface area contributed by atoms with Gasteiger partial charge in [-0.3, -0.25) is 0 Å². The van der Waals surface area contributed by atoms with Crippen LogP contribution in [-0.4, -0.2) is 50.4 Å². The maximum Gasteiger partial charge on any atom is 0.291 e. The third-order valence-electron chi connectivity index (χ3n) is 0.222. The van der Waals surface area contributed by atoms with E-state index in [4.69, 9.17) is 21.1 Å². The Morgan fingerprint density at radius 3 is 2.20 bits per heavy atom. The molecule has 0 aliphatic rings. The monoisotopic (exact) mass is 270 g/mol. The summed E-state index contributed by atoms with van der Waals surface area (Å²) in [6, 6.07) is 0. The van der Waals surface area contributed by atoms with E-state index >= 15 is 0 Å². The molecule has 0 atom stereocenters. The topological polar surface area (TPSA) is 114 Å². The summed E-state index contributed by atoms with van der Waals surface area (Å²) in [5.41, 5.74) is 5.08. The quantitative estimate of drug-likeness (QED) is 0.151. The van der Waals surface area contributed by atoms with E-state index < -0.39 is 5.09 Å². The first-order valence-electron chi connectivity index (χ1n) is 1.75. The third-order valence-corrected chi connectivity index (χ3v) is 1.16. The minimum Gasteiger partial charge on any atom is -0.328 e. The molecule has 0 heterocycles. The average Bonchev–Trinajstić information content (AvgIpc) is 1.85. The molecule has 0 fully saturated rings. The van der Waals surface area contributed by atoms with Gasteiger partial charge in [-0.05, 0) is 0 Å². The molecule has 0 rings (SSSR count). The number of nitrogens with zero attached hydrogens (tertiary/aromatic N) is 2. The smallest absolute Gasteiger partial charge is 0.291 e. The molecular formula is CH4As2N4O3. The van der Waals surface area contributed by atoms with Gasteiger partial charge in [-0.1, -0.05) is 0 Å². The van der Waals surface area contributed by atoms with Crippen LogP contribution in [0.1, 0.15) is 0 Å². The van der Waals surface area contributed by atoms with Crippen molar-refractivity contribution in [2.45, 2.75) is 0 Å². The van der Waals surface area contributed by atoms with Crippen molar-refractivity contribution in [3.05, 3.63) is 10.1 Å². The van der Waals surface area contributed by atoms with E-state index in [1.54, 1.807) is 0 Å². The van der Waals surface area contributed by atoms with E-state index in [2.05, 4.69) is 25.2 Å². The first-order chi connectivity index (χ1) is 4.54. The van der Waals surface area contributed by atoms with Gasteiger partial charge in [0.05, 0.1) is 0 Å².